The second-order valence-electron chi connectivity index (χ2n) is 3.48. The third-order valence-electron chi connectivity index (χ3n) is 2.21. The van der Waals surface area contributed by atoms with Crippen LogP contribution in [-0.4, -0.2) is 19.5 Å². The lowest BCUT2D eigenvalue weighted by Crippen LogP contribution is -2.05. The lowest BCUT2D eigenvalue weighted by atomic mass is 10.0. The van der Waals surface area contributed by atoms with Crippen LogP contribution in [0, 0.1) is 5.92 Å². The van der Waals surface area contributed by atoms with Gasteiger partial charge >= 0.3 is 0 Å². The Morgan fingerprint density at radius 3 is 2.50 bits per heavy atom. The molecule has 0 aliphatic carbocycles. The van der Waals surface area contributed by atoms with E-state index in [2.05, 4.69) is 13.8 Å². The van der Waals surface area contributed by atoms with Gasteiger partial charge < -0.3 is 9.53 Å². The monoisotopic (exact) mass is 172 g/mol. The summed E-state index contributed by atoms with van der Waals surface area (Å²) in [7, 11) is 1.74. The van der Waals surface area contributed by atoms with E-state index in [1.54, 1.807) is 7.11 Å². The Bertz CT molecular complexity index is 112. The molecule has 0 rings (SSSR count). The molecular formula is C10H20O2. The SMILES string of the molecule is COC(C)CCCC(C)CC=O. The zero-order chi connectivity index (χ0) is 9.40. The summed E-state index contributed by atoms with van der Waals surface area (Å²) in [4.78, 5) is 10.1. The Hall–Kier alpha value is -0.370. The fourth-order valence-corrected chi connectivity index (χ4v) is 1.15. The van der Waals surface area contributed by atoms with Gasteiger partial charge in [0.1, 0.15) is 6.29 Å². The zero-order valence-corrected chi connectivity index (χ0v) is 8.38. The van der Waals surface area contributed by atoms with Crippen LogP contribution >= 0.6 is 0 Å². The highest BCUT2D eigenvalue weighted by molar-refractivity contribution is 5.49. The van der Waals surface area contributed by atoms with Crippen LogP contribution in [0.25, 0.3) is 0 Å². The van der Waals surface area contributed by atoms with Gasteiger partial charge in [-0.2, -0.15) is 0 Å². The highest BCUT2D eigenvalue weighted by atomic mass is 16.5. The molecule has 0 heterocycles. The Kier molecular flexibility index (Phi) is 7.06. The van der Waals surface area contributed by atoms with Crippen LogP contribution in [0.1, 0.15) is 39.5 Å². The molecule has 2 unspecified atom stereocenters. The molecule has 0 saturated heterocycles. The van der Waals surface area contributed by atoms with Crippen LogP contribution in [0.5, 0.6) is 0 Å². The summed E-state index contributed by atoms with van der Waals surface area (Å²) in [5, 5.41) is 0. The molecule has 12 heavy (non-hydrogen) atoms. The number of rotatable bonds is 7. The van der Waals surface area contributed by atoms with E-state index in [4.69, 9.17) is 4.74 Å². The van der Waals surface area contributed by atoms with Gasteiger partial charge in [0, 0.05) is 13.5 Å². The first-order chi connectivity index (χ1) is 5.70. The second-order valence-corrected chi connectivity index (χ2v) is 3.48. The molecule has 0 aliphatic heterocycles. The maximum atomic E-state index is 10.1. The Morgan fingerprint density at radius 2 is 2.00 bits per heavy atom. The summed E-state index contributed by atoms with van der Waals surface area (Å²) in [5.41, 5.74) is 0. The third kappa shape index (κ3) is 6.35. The lowest BCUT2D eigenvalue weighted by molar-refractivity contribution is -0.108. The molecule has 0 aromatic rings. The number of carbonyl (C=O) groups is 1. The van der Waals surface area contributed by atoms with Crippen LogP contribution in [0.3, 0.4) is 0 Å². The average molecular weight is 172 g/mol. The molecule has 0 aliphatic rings. The van der Waals surface area contributed by atoms with Crippen molar-refractivity contribution in [2.45, 2.75) is 45.6 Å². The van der Waals surface area contributed by atoms with E-state index in [9.17, 15) is 4.79 Å². The van der Waals surface area contributed by atoms with E-state index in [1.165, 1.54) is 0 Å². The van der Waals surface area contributed by atoms with Gasteiger partial charge in [0.15, 0.2) is 0 Å². The van der Waals surface area contributed by atoms with Crippen molar-refractivity contribution in [2.24, 2.45) is 5.92 Å². The molecule has 0 N–H and O–H groups in total. The standard InChI is InChI=1S/C10H20O2/c1-9(7-8-11)5-4-6-10(2)12-3/h8-10H,4-7H2,1-3H3. The van der Waals surface area contributed by atoms with Crippen LogP contribution in [0.4, 0.5) is 0 Å². The summed E-state index contributed by atoms with van der Waals surface area (Å²) in [6, 6.07) is 0. The van der Waals surface area contributed by atoms with Crippen molar-refractivity contribution < 1.29 is 9.53 Å². The molecule has 2 atom stereocenters. The maximum absolute atomic E-state index is 10.1. The van der Waals surface area contributed by atoms with Crippen molar-refractivity contribution >= 4 is 6.29 Å². The normalized spacial score (nSPS) is 15.6. The van der Waals surface area contributed by atoms with Crippen LogP contribution in [0.2, 0.25) is 0 Å². The molecule has 0 radical (unpaired) electrons. The molecule has 72 valence electrons. The summed E-state index contributed by atoms with van der Waals surface area (Å²) in [6.45, 7) is 4.19. The third-order valence-corrected chi connectivity index (χ3v) is 2.21. The minimum atomic E-state index is 0.355. The maximum Gasteiger partial charge on any atom is 0.120 e. The highest BCUT2D eigenvalue weighted by Gasteiger charge is 2.03. The molecule has 0 spiro atoms. The van der Waals surface area contributed by atoms with Crippen LogP contribution in [-0.2, 0) is 9.53 Å². The second kappa shape index (κ2) is 7.29. The minimum absolute atomic E-state index is 0.355. The smallest absolute Gasteiger partial charge is 0.120 e. The summed E-state index contributed by atoms with van der Waals surface area (Å²) in [6.07, 6.45) is 5.44. The van der Waals surface area contributed by atoms with Crippen molar-refractivity contribution in [1.29, 1.82) is 0 Å². The summed E-state index contributed by atoms with van der Waals surface area (Å²) in [5.74, 6) is 0.534. The predicted molar refractivity (Wildman–Crippen MR) is 50.2 cm³/mol. The molecule has 0 aromatic carbocycles. The molecular weight excluding hydrogens is 152 g/mol. The Morgan fingerprint density at radius 1 is 1.33 bits per heavy atom. The largest absolute Gasteiger partial charge is 0.382 e. The number of carbonyl (C=O) groups excluding carboxylic acids is 1. The van der Waals surface area contributed by atoms with Crippen LogP contribution in [0.15, 0.2) is 0 Å². The van der Waals surface area contributed by atoms with Crippen LogP contribution < -0.4 is 0 Å². The van der Waals surface area contributed by atoms with Gasteiger partial charge in [-0.1, -0.05) is 19.8 Å². The number of aldehydes is 1. The minimum Gasteiger partial charge on any atom is -0.382 e. The number of ether oxygens (including phenoxy) is 1. The van der Waals surface area contributed by atoms with Gasteiger partial charge in [-0.05, 0) is 19.3 Å². The number of methoxy groups -OCH3 is 1. The summed E-state index contributed by atoms with van der Waals surface area (Å²) < 4.78 is 5.12. The molecule has 0 fully saturated rings. The summed E-state index contributed by atoms with van der Waals surface area (Å²) >= 11 is 0. The molecule has 0 amide bonds. The zero-order valence-electron chi connectivity index (χ0n) is 8.38. The van der Waals surface area contributed by atoms with Crippen molar-refractivity contribution in [3.63, 3.8) is 0 Å². The van der Waals surface area contributed by atoms with Crippen molar-refractivity contribution in [3.8, 4) is 0 Å². The Labute approximate surface area is 75.3 Å². The van der Waals surface area contributed by atoms with Gasteiger partial charge in [0.05, 0.1) is 6.10 Å². The molecule has 0 bridgehead atoms. The highest BCUT2D eigenvalue weighted by Crippen LogP contribution is 2.12. The number of hydrogen-bond acceptors (Lipinski definition) is 2. The fourth-order valence-electron chi connectivity index (χ4n) is 1.15. The topological polar surface area (TPSA) is 26.3 Å². The van der Waals surface area contributed by atoms with Gasteiger partial charge in [0.25, 0.3) is 0 Å². The first-order valence-electron chi connectivity index (χ1n) is 4.67. The molecule has 2 nitrogen and oxygen atoms in total. The van der Waals surface area contributed by atoms with E-state index in [0.29, 0.717) is 18.4 Å². The lowest BCUT2D eigenvalue weighted by Gasteiger charge is -2.10. The van der Waals surface area contributed by atoms with Gasteiger partial charge in [-0.3, -0.25) is 0 Å². The van der Waals surface area contributed by atoms with Crippen molar-refractivity contribution in [2.75, 3.05) is 7.11 Å². The quantitative estimate of drug-likeness (QED) is 0.551. The van der Waals surface area contributed by atoms with Crippen molar-refractivity contribution in [3.05, 3.63) is 0 Å². The van der Waals surface area contributed by atoms with Gasteiger partial charge in [0.2, 0.25) is 0 Å². The van der Waals surface area contributed by atoms with E-state index in [0.717, 1.165) is 25.5 Å². The first kappa shape index (κ1) is 11.6. The van der Waals surface area contributed by atoms with E-state index >= 15 is 0 Å². The van der Waals surface area contributed by atoms with Gasteiger partial charge in [-0.25, -0.2) is 0 Å². The molecule has 0 aromatic heterocycles. The molecule has 2 heteroatoms. The molecule has 0 saturated carbocycles. The number of hydrogen-bond donors (Lipinski definition) is 0. The average Bonchev–Trinajstić information content (AvgIpc) is 2.04. The predicted octanol–water partition coefficient (Wildman–Crippen LogP) is 2.42. The Balaban J connectivity index is 3.23. The van der Waals surface area contributed by atoms with E-state index in [-0.39, 0.29) is 0 Å². The van der Waals surface area contributed by atoms with E-state index in [1.807, 2.05) is 0 Å². The first-order valence-corrected chi connectivity index (χ1v) is 4.67. The van der Waals surface area contributed by atoms with Crippen molar-refractivity contribution in [1.82, 2.24) is 0 Å². The fraction of sp³-hybridized carbons (Fsp3) is 0.900. The van der Waals surface area contributed by atoms with E-state index < -0.39 is 0 Å². The van der Waals surface area contributed by atoms with Gasteiger partial charge in [-0.15, -0.1) is 0 Å².